The van der Waals surface area contributed by atoms with Crippen LogP contribution in [-0.4, -0.2) is 55.7 Å². The van der Waals surface area contributed by atoms with Crippen molar-refractivity contribution in [3.05, 3.63) is 64.4 Å². The van der Waals surface area contributed by atoms with E-state index in [1.165, 1.54) is 31.0 Å². The molecule has 1 aliphatic heterocycles. The van der Waals surface area contributed by atoms with Crippen molar-refractivity contribution in [1.29, 1.82) is 0 Å². The van der Waals surface area contributed by atoms with E-state index < -0.39 is 0 Å². The van der Waals surface area contributed by atoms with Crippen LogP contribution >= 0.6 is 27.7 Å². The van der Waals surface area contributed by atoms with Gasteiger partial charge in [-0.15, -0.1) is 5.10 Å². The fraction of sp³-hybridized carbons (Fsp3) is 0.333. The number of thioether (sulfide) groups is 1. The quantitative estimate of drug-likeness (QED) is 0.197. The number of carbonyl (C=O) groups excluding carboxylic acids is 1. The molecule has 0 atom stereocenters. The number of piperidine rings is 1. The maximum absolute atomic E-state index is 12.7. The van der Waals surface area contributed by atoms with Crippen LogP contribution < -0.4 is 0 Å². The number of hydrogen-bond donors (Lipinski definition) is 0. The fourth-order valence-corrected chi connectivity index (χ4v) is 5.17. The Balaban J connectivity index is 1.40. The van der Waals surface area contributed by atoms with Crippen molar-refractivity contribution >= 4 is 50.0 Å². The van der Waals surface area contributed by atoms with E-state index in [4.69, 9.17) is 15.1 Å². The Morgan fingerprint density at radius 2 is 1.78 bits per heavy atom. The number of ketones is 1. The van der Waals surface area contributed by atoms with E-state index in [2.05, 4.69) is 20.8 Å². The van der Waals surface area contributed by atoms with Crippen LogP contribution in [0, 0.1) is 0 Å². The highest BCUT2D eigenvalue weighted by atomic mass is 79.9. The van der Waals surface area contributed by atoms with Gasteiger partial charge in [0.15, 0.2) is 22.4 Å². The highest BCUT2D eigenvalue weighted by Crippen LogP contribution is 2.25. The average Bonchev–Trinajstić information content (AvgIpc) is 3.27. The Morgan fingerprint density at radius 1 is 1.00 bits per heavy atom. The summed E-state index contributed by atoms with van der Waals surface area (Å²) in [6.07, 6.45) is 4.71. The van der Waals surface area contributed by atoms with E-state index in [0.29, 0.717) is 16.5 Å². The van der Waals surface area contributed by atoms with E-state index in [1.807, 2.05) is 53.0 Å². The molecule has 0 radical (unpaired) electrons. The molecular formula is C24H24BrN5OS. The second kappa shape index (κ2) is 9.68. The molecule has 0 amide bonds. The van der Waals surface area contributed by atoms with Crippen molar-refractivity contribution in [2.45, 2.75) is 30.8 Å². The third kappa shape index (κ3) is 4.72. The summed E-state index contributed by atoms with van der Waals surface area (Å²) in [5, 5.41) is 6.46. The van der Waals surface area contributed by atoms with Gasteiger partial charge in [-0.3, -0.25) is 4.79 Å². The lowest BCUT2D eigenvalue weighted by molar-refractivity contribution is 0.102. The highest BCUT2D eigenvalue weighted by Gasteiger charge is 2.17. The average molecular weight is 510 g/mol. The number of likely N-dealkylation sites (tertiary alicyclic amines) is 1. The van der Waals surface area contributed by atoms with Crippen molar-refractivity contribution in [3.63, 3.8) is 0 Å². The largest absolute Gasteiger partial charge is 0.303 e. The molecule has 32 heavy (non-hydrogen) atoms. The highest BCUT2D eigenvalue weighted by molar-refractivity contribution is 9.10. The number of aromatic nitrogens is 4. The second-order valence-electron chi connectivity index (χ2n) is 8.05. The van der Waals surface area contributed by atoms with Crippen LogP contribution in [0.4, 0.5) is 0 Å². The van der Waals surface area contributed by atoms with Gasteiger partial charge in [0.05, 0.1) is 11.3 Å². The standard InChI is InChI=1S/C24H24BrN5OS/c25-18-10-8-17(9-11-18)21(31)16-32-24-26-20-7-3-2-6-19(20)23-27-22(28-30(23)24)12-15-29-13-4-1-5-14-29/h2-3,6-11H,1,4-5,12-16H2. The van der Waals surface area contributed by atoms with Crippen LogP contribution in [-0.2, 0) is 6.42 Å². The molecule has 1 aliphatic rings. The van der Waals surface area contributed by atoms with Crippen LogP contribution in [0.1, 0.15) is 35.4 Å². The topological polar surface area (TPSA) is 63.4 Å². The monoisotopic (exact) mass is 509 g/mol. The summed E-state index contributed by atoms with van der Waals surface area (Å²) in [5.41, 5.74) is 2.37. The lowest BCUT2D eigenvalue weighted by Crippen LogP contribution is -2.31. The van der Waals surface area contributed by atoms with Gasteiger partial charge < -0.3 is 4.90 Å². The summed E-state index contributed by atoms with van der Waals surface area (Å²) in [6, 6.07) is 15.4. The number of nitrogens with zero attached hydrogens (tertiary/aromatic N) is 5. The lowest BCUT2D eigenvalue weighted by atomic mass is 10.1. The molecule has 1 fully saturated rings. The molecule has 4 aromatic rings. The van der Waals surface area contributed by atoms with Crippen LogP contribution in [0.3, 0.4) is 0 Å². The lowest BCUT2D eigenvalue weighted by Gasteiger charge is -2.25. The SMILES string of the molecule is O=C(CSc1nc2ccccc2c2nc(CCN3CCCCC3)nn12)c1ccc(Br)cc1. The summed E-state index contributed by atoms with van der Waals surface area (Å²) in [6.45, 7) is 3.31. The molecule has 0 bridgehead atoms. The van der Waals surface area contributed by atoms with E-state index in [1.54, 1.807) is 0 Å². The number of fused-ring (bicyclic) bond motifs is 3. The maximum atomic E-state index is 12.7. The zero-order chi connectivity index (χ0) is 21.9. The smallest absolute Gasteiger partial charge is 0.192 e. The van der Waals surface area contributed by atoms with Gasteiger partial charge in [0.1, 0.15) is 0 Å². The minimum atomic E-state index is 0.0658. The summed E-state index contributed by atoms with van der Waals surface area (Å²) in [7, 11) is 0. The Morgan fingerprint density at radius 3 is 2.59 bits per heavy atom. The van der Waals surface area contributed by atoms with Crippen LogP contribution in [0.2, 0.25) is 0 Å². The maximum Gasteiger partial charge on any atom is 0.192 e. The van der Waals surface area contributed by atoms with Gasteiger partial charge in [0, 0.05) is 28.4 Å². The Kier molecular flexibility index (Phi) is 6.52. The number of hydrogen-bond acceptors (Lipinski definition) is 6. The number of halogens is 1. The zero-order valence-corrected chi connectivity index (χ0v) is 20.1. The number of carbonyl (C=O) groups is 1. The Bertz CT molecular complexity index is 1250. The first-order valence-electron chi connectivity index (χ1n) is 11.0. The first-order valence-corrected chi connectivity index (χ1v) is 12.7. The second-order valence-corrected chi connectivity index (χ2v) is 9.90. The van der Waals surface area contributed by atoms with Gasteiger partial charge in [0.25, 0.3) is 0 Å². The minimum absolute atomic E-state index is 0.0658. The summed E-state index contributed by atoms with van der Waals surface area (Å²) < 4.78 is 2.77. The summed E-state index contributed by atoms with van der Waals surface area (Å²) in [4.78, 5) is 24.9. The number of rotatable bonds is 7. The molecule has 0 aliphatic carbocycles. The van der Waals surface area contributed by atoms with Crippen LogP contribution in [0.25, 0.3) is 16.6 Å². The van der Waals surface area contributed by atoms with Crippen molar-refractivity contribution in [2.24, 2.45) is 0 Å². The molecule has 0 unspecified atom stereocenters. The normalized spacial score (nSPS) is 14.9. The first-order chi connectivity index (χ1) is 15.7. The van der Waals surface area contributed by atoms with E-state index in [9.17, 15) is 4.79 Å². The van der Waals surface area contributed by atoms with Crippen molar-refractivity contribution < 1.29 is 4.79 Å². The predicted octanol–water partition coefficient (Wildman–Crippen LogP) is 5.04. The van der Waals surface area contributed by atoms with Crippen molar-refractivity contribution in [2.75, 3.05) is 25.4 Å². The summed E-state index contributed by atoms with van der Waals surface area (Å²) in [5.74, 6) is 1.19. The fourth-order valence-electron chi connectivity index (χ4n) is 4.06. The van der Waals surface area contributed by atoms with Crippen LogP contribution in [0.5, 0.6) is 0 Å². The van der Waals surface area contributed by atoms with Crippen molar-refractivity contribution in [3.8, 4) is 0 Å². The molecule has 2 aromatic carbocycles. The first kappa shape index (κ1) is 21.6. The summed E-state index contributed by atoms with van der Waals surface area (Å²) >= 11 is 4.82. The third-order valence-electron chi connectivity index (χ3n) is 5.79. The molecule has 0 saturated carbocycles. The van der Waals surface area contributed by atoms with E-state index >= 15 is 0 Å². The Hall–Kier alpha value is -2.29. The molecular weight excluding hydrogens is 486 g/mol. The van der Waals surface area contributed by atoms with Gasteiger partial charge in [-0.05, 0) is 50.2 Å². The number of para-hydroxylation sites is 1. The van der Waals surface area contributed by atoms with E-state index in [0.717, 1.165) is 52.9 Å². The number of Topliss-reactive ketones (excluding diaryl/α,β-unsaturated/α-hetero) is 1. The van der Waals surface area contributed by atoms with Gasteiger partial charge in [-0.1, -0.05) is 58.4 Å². The van der Waals surface area contributed by atoms with Gasteiger partial charge >= 0.3 is 0 Å². The molecule has 0 spiro atoms. The molecule has 3 heterocycles. The zero-order valence-electron chi connectivity index (χ0n) is 17.7. The van der Waals surface area contributed by atoms with Gasteiger partial charge in [-0.2, -0.15) is 4.52 Å². The minimum Gasteiger partial charge on any atom is -0.303 e. The van der Waals surface area contributed by atoms with Crippen LogP contribution in [0.15, 0.2) is 58.2 Å². The molecule has 8 heteroatoms. The number of benzene rings is 2. The molecule has 6 nitrogen and oxygen atoms in total. The predicted molar refractivity (Wildman–Crippen MR) is 131 cm³/mol. The molecule has 1 saturated heterocycles. The third-order valence-corrected chi connectivity index (χ3v) is 7.25. The van der Waals surface area contributed by atoms with E-state index in [-0.39, 0.29) is 5.78 Å². The van der Waals surface area contributed by atoms with Crippen molar-refractivity contribution in [1.82, 2.24) is 24.5 Å². The molecule has 2 aromatic heterocycles. The molecule has 0 N–H and O–H groups in total. The van der Waals surface area contributed by atoms with Gasteiger partial charge in [-0.25, -0.2) is 9.97 Å². The molecule has 5 rings (SSSR count). The Labute approximate surface area is 199 Å². The molecule has 164 valence electrons. The van der Waals surface area contributed by atoms with Gasteiger partial charge in [0.2, 0.25) is 0 Å².